The summed E-state index contributed by atoms with van der Waals surface area (Å²) in [6.07, 6.45) is 3.24. The lowest BCUT2D eigenvalue weighted by molar-refractivity contribution is 0.0658. The number of benzene rings is 1. The highest BCUT2D eigenvalue weighted by molar-refractivity contribution is 5.92. The van der Waals surface area contributed by atoms with Gasteiger partial charge in [-0.1, -0.05) is 0 Å². The van der Waals surface area contributed by atoms with E-state index in [1.807, 2.05) is 30.9 Å². The Kier molecular flexibility index (Phi) is 4.99. The Morgan fingerprint density at radius 3 is 2.32 bits per heavy atom. The number of aryl methyl sites for hydroxylation is 2. The molecule has 2 aromatic rings. The number of carbonyl (C=O) groups excluding carboxylic acids is 1. The number of methoxy groups -OCH3 is 1. The van der Waals surface area contributed by atoms with Crippen molar-refractivity contribution in [3.63, 3.8) is 0 Å². The quantitative estimate of drug-likeness (QED) is 0.857. The number of amides is 1. The van der Waals surface area contributed by atoms with E-state index in [0.29, 0.717) is 11.4 Å². The summed E-state index contributed by atoms with van der Waals surface area (Å²) < 4.78 is 5.42. The van der Waals surface area contributed by atoms with Crippen molar-refractivity contribution in [1.82, 2.24) is 19.8 Å². The molecule has 6 nitrogen and oxygen atoms in total. The van der Waals surface area contributed by atoms with E-state index >= 15 is 0 Å². The first-order valence-corrected chi connectivity index (χ1v) is 8.45. The summed E-state index contributed by atoms with van der Waals surface area (Å²) in [6, 6.07) is 4.03. The maximum absolute atomic E-state index is 12.7. The molecule has 0 aliphatic carbocycles. The highest BCUT2D eigenvalue weighted by Crippen LogP contribution is 2.29. The summed E-state index contributed by atoms with van der Waals surface area (Å²) in [5, 5.41) is 0. The minimum Gasteiger partial charge on any atom is -0.496 e. The van der Waals surface area contributed by atoms with E-state index in [9.17, 15) is 4.79 Å². The first-order chi connectivity index (χ1) is 12.0. The molecule has 1 fully saturated rings. The Morgan fingerprint density at radius 1 is 1.08 bits per heavy atom. The van der Waals surface area contributed by atoms with Gasteiger partial charge >= 0.3 is 0 Å². The zero-order chi connectivity index (χ0) is 18.0. The summed E-state index contributed by atoms with van der Waals surface area (Å²) >= 11 is 0. The molecule has 0 saturated carbocycles. The molecule has 3 rings (SSSR count). The van der Waals surface area contributed by atoms with Crippen molar-refractivity contribution >= 4 is 5.91 Å². The molecule has 0 atom stereocenters. The van der Waals surface area contributed by atoms with E-state index in [4.69, 9.17) is 4.74 Å². The van der Waals surface area contributed by atoms with Crippen LogP contribution in [0, 0.1) is 13.8 Å². The fourth-order valence-electron chi connectivity index (χ4n) is 3.20. The SMILES string of the molecule is COc1c(C)cc(-c2cncc(C(=O)N3CCN(C)CC3)n2)cc1C. The lowest BCUT2D eigenvalue weighted by Crippen LogP contribution is -2.47. The van der Waals surface area contributed by atoms with Gasteiger partial charge in [0.05, 0.1) is 25.2 Å². The second kappa shape index (κ2) is 7.19. The number of ether oxygens (including phenoxy) is 1. The van der Waals surface area contributed by atoms with Crippen LogP contribution in [0.3, 0.4) is 0 Å². The minimum atomic E-state index is -0.0515. The van der Waals surface area contributed by atoms with E-state index in [0.717, 1.165) is 48.6 Å². The van der Waals surface area contributed by atoms with Gasteiger partial charge in [0.15, 0.2) is 0 Å². The molecule has 1 aliphatic heterocycles. The van der Waals surface area contributed by atoms with Gasteiger partial charge in [0, 0.05) is 31.7 Å². The van der Waals surface area contributed by atoms with Crippen LogP contribution < -0.4 is 4.74 Å². The number of piperazine rings is 1. The molecular formula is C19H24N4O2. The van der Waals surface area contributed by atoms with Gasteiger partial charge in [0.2, 0.25) is 0 Å². The summed E-state index contributed by atoms with van der Waals surface area (Å²) in [6.45, 7) is 7.22. The average molecular weight is 340 g/mol. The van der Waals surface area contributed by atoms with Gasteiger partial charge in [0.25, 0.3) is 5.91 Å². The monoisotopic (exact) mass is 340 g/mol. The fraction of sp³-hybridized carbons (Fsp3) is 0.421. The molecule has 2 heterocycles. The molecule has 1 aromatic heterocycles. The first kappa shape index (κ1) is 17.4. The molecule has 25 heavy (non-hydrogen) atoms. The predicted molar refractivity (Wildman–Crippen MR) is 96.9 cm³/mol. The van der Waals surface area contributed by atoms with E-state index < -0.39 is 0 Å². The van der Waals surface area contributed by atoms with E-state index in [1.165, 1.54) is 0 Å². The van der Waals surface area contributed by atoms with Crippen LogP contribution in [0.4, 0.5) is 0 Å². The summed E-state index contributed by atoms with van der Waals surface area (Å²) in [5.41, 5.74) is 4.11. The second-order valence-electron chi connectivity index (χ2n) is 6.53. The van der Waals surface area contributed by atoms with E-state index in [-0.39, 0.29) is 5.91 Å². The Morgan fingerprint density at radius 2 is 1.72 bits per heavy atom. The fourth-order valence-corrected chi connectivity index (χ4v) is 3.20. The van der Waals surface area contributed by atoms with Gasteiger partial charge in [-0.05, 0) is 44.2 Å². The van der Waals surface area contributed by atoms with Crippen LogP contribution >= 0.6 is 0 Å². The smallest absolute Gasteiger partial charge is 0.274 e. The predicted octanol–water partition coefficient (Wildman–Crippen LogP) is 2.16. The van der Waals surface area contributed by atoms with Crippen LogP contribution in [0.1, 0.15) is 21.6 Å². The Labute approximate surface area is 148 Å². The van der Waals surface area contributed by atoms with Crippen molar-refractivity contribution < 1.29 is 9.53 Å². The van der Waals surface area contributed by atoms with Crippen LogP contribution in [0.25, 0.3) is 11.3 Å². The van der Waals surface area contributed by atoms with Gasteiger partial charge in [-0.2, -0.15) is 0 Å². The number of nitrogens with zero attached hydrogens (tertiary/aromatic N) is 4. The van der Waals surface area contributed by atoms with Crippen molar-refractivity contribution in [2.24, 2.45) is 0 Å². The van der Waals surface area contributed by atoms with Gasteiger partial charge in [0.1, 0.15) is 11.4 Å². The van der Waals surface area contributed by atoms with Crippen LogP contribution in [-0.2, 0) is 0 Å². The van der Waals surface area contributed by atoms with Crippen LogP contribution in [0.5, 0.6) is 5.75 Å². The lowest BCUT2D eigenvalue weighted by atomic mass is 10.0. The third kappa shape index (κ3) is 3.64. The molecule has 6 heteroatoms. The molecule has 1 aromatic carbocycles. The summed E-state index contributed by atoms with van der Waals surface area (Å²) in [4.78, 5) is 25.6. The lowest BCUT2D eigenvalue weighted by Gasteiger charge is -2.32. The van der Waals surface area contributed by atoms with E-state index in [2.05, 4.69) is 21.9 Å². The molecular weight excluding hydrogens is 316 g/mol. The molecule has 1 saturated heterocycles. The summed E-state index contributed by atoms with van der Waals surface area (Å²) in [7, 11) is 3.74. The highest BCUT2D eigenvalue weighted by Gasteiger charge is 2.22. The maximum Gasteiger partial charge on any atom is 0.274 e. The van der Waals surface area contributed by atoms with Crippen LogP contribution in [0.2, 0.25) is 0 Å². The first-order valence-electron chi connectivity index (χ1n) is 8.45. The molecule has 1 aliphatic rings. The standard InChI is InChI=1S/C19H24N4O2/c1-13-9-15(10-14(2)18(13)25-4)16-11-20-12-17(21-16)19(24)23-7-5-22(3)6-8-23/h9-12H,5-8H2,1-4H3. The molecule has 132 valence electrons. The number of likely N-dealkylation sites (N-methyl/N-ethyl adjacent to an activating group) is 1. The molecule has 1 amide bonds. The third-order valence-electron chi connectivity index (χ3n) is 4.60. The van der Waals surface area contributed by atoms with Crippen molar-refractivity contribution in [3.8, 4) is 17.0 Å². The number of aromatic nitrogens is 2. The zero-order valence-electron chi connectivity index (χ0n) is 15.2. The molecule has 0 unspecified atom stereocenters. The third-order valence-corrected chi connectivity index (χ3v) is 4.60. The van der Waals surface area contributed by atoms with Crippen LogP contribution in [0.15, 0.2) is 24.5 Å². The van der Waals surface area contributed by atoms with Gasteiger partial charge in [-0.25, -0.2) is 4.98 Å². The minimum absolute atomic E-state index is 0.0515. The Hall–Kier alpha value is -2.47. The molecule has 0 N–H and O–H groups in total. The Bertz CT molecular complexity index is 760. The maximum atomic E-state index is 12.7. The highest BCUT2D eigenvalue weighted by atomic mass is 16.5. The van der Waals surface area contributed by atoms with Crippen LogP contribution in [-0.4, -0.2) is 66.0 Å². The summed E-state index contributed by atoms with van der Waals surface area (Å²) in [5.74, 6) is 0.825. The number of rotatable bonds is 3. The zero-order valence-corrected chi connectivity index (χ0v) is 15.2. The van der Waals surface area contributed by atoms with Crippen molar-refractivity contribution in [2.45, 2.75) is 13.8 Å². The van der Waals surface area contributed by atoms with E-state index in [1.54, 1.807) is 19.5 Å². The Balaban J connectivity index is 1.88. The van der Waals surface area contributed by atoms with Gasteiger partial charge < -0.3 is 14.5 Å². The number of carbonyl (C=O) groups is 1. The second-order valence-corrected chi connectivity index (χ2v) is 6.53. The average Bonchev–Trinajstić information content (AvgIpc) is 2.61. The topological polar surface area (TPSA) is 58.6 Å². The molecule has 0 radical (unpaired) electrons. The van der Waals surface area contributed by atoms with Gasteiger partial charge in [-0.15, -0.1) is 0 Å². The molecule has 0 bridgehead atoms. The number of hydrogen-bond acceptors (Lipinski definition) is 5. The largest absolute Gasteiger partial charge is 0.496 e. The van der Waals surface area contributed by atoms with Crippen molar-refractivity contribution in [3.05, 3.63) is 41.3 Å². The van der Waals surface area contributed by atoms with Crippen molar-refractivity contribution in [2.75, 3.05) is 40.3 Å². The van der Waals surface area contributed by atoms with Gasteiger partial charge in [-0.3, -0.25) is 9.78 Å². The van der Waals surface area contributed by atoms with Crippen molar-refractivity contribution in [1.29, 1.82) is 0 Å². The molecule has 0 spiro atoms. The number of hydrogen-bond donors (Lipinski definition) is 0. The normalized spacial score (nSPS) is 15.3.